The molecule has 0 amide bonds. The number of hydrogen-bond donors (Lipinski definition) is 0. The van der Waals surface area contributed by atoms with E-state index in [1.165, 1.54) is 5.56 Å². The molecule has 0 aliphatic carbocycles. The fourth-order valence-corrected chi connectivity index (χ4v) is 2.48. The van der Waals surface area contributed by atoms with E-state index in [1.807, 2.05) is 43.4 Å². The summed E-state index contributed by atoms with van der Waals surface area (Å²) in [6, 6.07) is 13.7. The molecule has 2 aromatic carbocycles. The quantitative estimate of drug-likeness (QED) is 0.677. The Morgan fingerprint density at radius 2 is 1.73 bits per heavy atom. The first kappa shape index (κ1) is 17.0. The van der Waals surface area contributed by atoms with E-state index in [2.05, 4.69) is 24.8 Å². The largest absolute Gasteiger partial charge is 0.490 e. The second-order valence-corrected chi connectivity index (χ2v) is 6.43. The van der Waals surface area contributed by atoms with Gasteiger partial charge in [-0.15, -0.1) is 0 Å². The van der Waals surface area contributed by atoms with Crippen molar-refractivity contribution in [3.63, 3.8) is 0 Å². The van der Waals surface area contributed by atoms with Crippen molar-refractivity contribution in [2.75, 3.05) is 25.1 Å². The smallest absolute Gasteiger partial charge is 0.137 e. The summed E-state index contributed by atoms with van der Waals surface area (Å²) >= 11 is 12.2. The molecule has 0 unspecified atom stereocenters. The van der Waals surface area contributed by atoms with Crippen LogP contribution in [0.4, 0.5) is 5.69 Å². The molecule has 0 fully saturated rings. The Kier molecular flexibility index (Phi) is 5.98. The molecule has 0 bridgehead atoms. The van der Waals surface area contributed by atoms with E-state index in [1.54, 1.807) is 0 Å². The number of benzene rings is 2. The predicted octanol–water partition coefficient (Wildman–Crippen LogP) is 5.63. The Balaban J connectivity index is 1.89. The summed E-state index contributed by atoms with van der Waals surface area (Å²) in [4.78, 5) is 2.12. The van der Waals surface area contributed by atoms with Crippen LogP contribution in [0.15, 0.2) is 42.5 Å². The van der Waals surface area contributed by atoms with Crippen molar-refractivity contribution in [3.05, 3.63) is 58.1 Å². The van der Waals surface area contributed by atoms with Crippen molar-refractivity contribution in [1.82, 2.24) is 0 Å². The van der Waals surface area contributed by atoms with Gasteiger partial charge in [-0.25, -0.2) is 0 Å². The molecular weight excluding hydrogens is 317 g/mol. The minimum atomic E-state index is 0.461. The highest BCUT2D eigenvalue weighted by atomic mass is 35.5. The van der Waals surface area contributed by atoms with Crippen LogP contribution >= 0.6 is 23.2 Å². The van der Waals surface area contributed by atoms with Gasteiger partial charge in [0.15, 0.2) is 0 Å². The molecule has 4 heteroatoms. The number of hydrogen-bond acceptors (Lipinski definition) is 2. The number of halogens is 2. The van der Waals surface area contributed by atoms with Crippen molar-refractivity contribution >= 4 is 28.9 Å². The Bertz CT molecular complexity index is 611. The molecule has 0 saturated carbocycles. The lowest BCUT2D eigenvalue weighted by Gasteiger charge is -2.20. The molecular formula is C18H21Cl2NO. The summed E-state index contributed by atoms with van der Waals surface area (Å²) < 4.78 is 5.79. The second kappa shape index (κ2) is 7.75. The zero-order valence-corrected chi connectivity index (χ0v) is 14.7. The van der Waals surface area contributed by atoms with Crippen LogP contribution in [-0.2, 0) is 0 Å². The summed E-state index contributed by atoms with van der Waals surface area (Å²) in [7, 11) is 2.02. The van der Waals surface area contributed by atoms with Crippen LogP contribution < -0.4 is 9.64 Å². The molecule has 118 valence electrons. The van der Waals surface area contributed by atoms with Crippen molar-refractivity contribution in [2.45, 2.75) is 19.8 Å². The molecule has 0 spiro atoms. The molecule has 0 atom stereocenters. The van der Waals surface area contributed by atoms with E-state index in [0.29, 0.717) is 17.5 Å². The van der Waals surface area contributed by atoms with E-state index >= 15 is 0 Å². The number of likely N-dealkylation sites (N-methyl/N-ethyl adjacent to an activating group) is 1. The van der Waals surface area contributed by atoms with Gasteiger partial charge in [0, 0.05) is 17.8 Å². The van der Waals surface area contributed by atoms with Gasteiger partial charge in [-0.1, -0.05) is 43.1 Å². The third kappa shape index (κ3) is 4.56. The maximum atomic E-state index is 6.27. The monoisotopic (exact) mass is 337 g/mol. The Morgan fingerprint density at radius 1 is 1.05 bits per heavy atom. The zero-order valence-electron chi connectivity index (χ0n) is 13.1. The molecule has 0 N–H and O–H groups in total. The van der Waals surface area contributed by atoms with Gasteiger partial charge in [0.1, 0.15) is 12.4 Å². The lowest BCUT2D eigenvalue weighted by molar-refractivity contribution is 0.326. The van der Waals surface area contributed by atoms with Crippen LogP contribution in [-0.4, -0.2) is 20.2 Å². The van der Waals surface area contributed by atoms with Gasteiger partial charge in [-0.3, -0.25) is 0 Å². The predicted molar refractivity (Wildman–Crippen MR) is 95.8 cm³/mol. The van der Waals surface area contributed by atoms with Crippen LogP contribution in [0.5, 0.6) is 5.75 Å². The topological polar surface area (TPSA) is 12.5 Å². The summed E-state index contributed by atoms with van der Waals surface area (Å²) in [5, 5.41) is 1.41. The van der Waals surface area contributed by atoms with Gasteiger partial charge in [0.05, 0.1) is 11.6 Å². The van der Waals surface area contributed by atoms with Crippen molar-refractivity contribution in [1.29, 1.82) is 0 Å². The van der Waals surface area contributed by atoms with Crippen LogP contribution in [0.3, 0.4) is 0 Å². The maximum Gasteiger partial charge on any atom is 0.137 e. The molecule has 0 heterocycles. The first-order valence-electron chi connectivity index (χ1n) is 7.36. The van der Waals surface area contributed by atoms with Crippen molar-refractivity contribution in [2.24, 2.45) is 0 Å². The molecule has 0 aliphatic rings. The van der Waals surface area contributed by atoms with E-state index in [4.69, 9.17) is 27.9 Å². The van der Waals surface area contributed by atoms with Crippen LogP contribution in [0, 0.1) is 0 Å². The highest BCUT2D eigenvalue weighted by molar-refractivity contribution is 6.32. The summed E-state index contributed by atoms with van der Waals surface area (Å²) in [6.45, 7) is 5.63. The molecule has 0 aromatic heterocycles. The minimum Gasteiger partial charge on any atom is -0.490 e. The molecule has 2 rings (SSSR count). The first-order valence-corrected chi connectivity index (χ1v) is 8.12. The fraction of sp³-hybridized carbons (Fsp3) is 0.333. The van der Waals surface area contributed by atoms with Crippen LogP contribution in [0.1, 0.15) is 25.3 Å². The van der Waals surface area contributed by atoms with Crippen molar-refractivity contribution < 1.29 is 4.74 Å². The second-order valence-electron chi connectivity index (χ2n) is 5.59. The van der Waals surface area contributed by atoms with E-state index in [-0.39, 0.29) is 0 Å². The van der Waals surface area contributed by atoms with Gasteiger partial charge >= 0.3 is 0 Å². The SMILES string of the molecule is CC(C)c1ccc(OCCN(C)c2ccc(Cl)cc2)c(Cl)c1. The van der Waals surface area contributed by atoms with Gasteiger partial charge < -0.3 is 9.64 Å². The standard InChI is InChI=1S/C18H21Cl2NO/c1-13(2)14-4-9-18(17(20)12-14)22-11-10-21(3)16-7-5-15(19)6-8-16/h4-9,12-13H,10-11H2,1-3H3. The Labute approximate surface area is 142 Å². The van der Waals surface area contributed by atoms with E-state index < -0.39 is 0 Å². The average molecular weight is 338 g/mol. The Hall–Kier alpha value is -1.38. The van der Waals surface area contributed by atoms with Crippen LogP contribution in [0.25, 0.3) is 0 Å². The van der Waals surface area contributed by atoms with Gasteiger partial charge in [-0.05, 0) is 47.9 Å². The van der Waals surface area contributed by atoms with Crippen LogP contribution in [0.2, 0.25) is 10.0 Å². The molecule has 0 radical (unpaired) electrons. The van der Waals surface area contributed by atoms with E-state index in [0.717, 1.165) is 23.0 Å². The number of rotatable bonds is 6. The van der Waals surface area contributed by atoms with E-state index in [9.17, 15) is 0 Å². The Morgan fingerprint density at radius 3 is 2.32 bits per heavy atom. The van der Waals surface area contributed by atoms with Gasteiger partial charge in [0.25, 0.3) is 0 Å². The first-order chi connectivity index (χ1) is 10.5. The third-order valence-electron chi connectivity index (χ3n) is 3.57. The van der Waals surface area contributed by atoms with Crippen molar-refractivity contribution in [3.8, 4) is 5.75 Å². The number of ether oxygens (including phenoxy) is 1. The fourth-order valence-electron chi connectivity index (χ4n) is 2.11. The highest BCUT2D eigenvalue weighted by Gasteiger charge is 2.07. The third-order valence-corrected chi connectivity index (χ3v) is 4.12. The molecule has 22 heavy (non-hydrogen) atoms. The zero-order chi connectivity index (χ0) is 16.1. The minimum absolute atomic E-state index is 0.461. The normalized spacial score (nSPS) is 10.8. The molecule has 0 saturated heterocycles. The summed E-state index contributed by atoms with van der Waals surface area (Å²) in [5.74, 6) is 1.19. The average Bonchev–Trinajstić information content (AvgIpc) is 2.49. The lowest BCUT2D eigenvalue weighted by atomic mass is 10.0. The van der Waals surface area contributed by atoms with Gasteiger partial charge in [0.2, 0.25) is 0 Å². The maximum absolute atomic E-state index is 6.27. The summed E-state index contributed by atoms with van der Waals surface area (Å²) in [6.07, 6.45) is 0. The molecule has 2 aromatic rings. The summed E-state index contributed by atoms with van der Waals surface area (Å²) in [5.41, 5.74) is 2.32. The molecule has 0 aliphatic heterocycles. The van der Waals surface area contributed by atoms with Gasteiger partial charge in [-0.2, -0.15) is 0 Å². The lowest BCUT2D eigenvalue weighted by Crippen LogP contribution is -2.23. The number of anilines is 1. The number of nitrogens with zero attached hydrogens (tertiary/aromatic N) is 1. The molecule has 2 nitrogen and oxygen atoms in total. The highest BCUT2D eigenvalue weighted by Crippen LogP contribution is 2.28.